The van der Waals surface area contributed by atoms with E-state index < -0.39 is 0 Å². The number of nitrogens with one attached hydrogen (secondary N) is 1. The highest BCUT2D eigenvalue weighted by Gasteiger charge is 2.20. The maximum atomic E-state index is 6.00. The Morgan fingerprint density at radius 3 is 2.39 bits per heavy atom. The molecule has 4 heteroatoms. The third-order valence-corrected chi connectivity index (χ3v) is 5.34. The van der Waals surface area contributed by atoms with Crippen LogP contribution in [0.1, 0.15) is 42.6 Å². The second-order valence-corrected chi connectivity index (χ2v) is 7.49. The highest BCUT2D eigenvalue weighted by atomic mass is 35.5. The van der Waals surface area contributed by atoms with E-state index in [9.17, 15) is 0 Å². The summed E-state index contributed by atoms with van der Waals surface area (Å²) in [6, 6.07) is 9.13. The van der Waals surface area contributed by atoms with E-state index in [2.05, 4.69) is 49.7 Å². The van der Waals surface area contributed by atoms with E-state index in [0.717, 1.165) is 4.34 Å². The van der Waals surface area contributed by atoms with Crippen molar-refractivity contribution in [1.29, 1.82) is 0 Å². The number of rotatable bonds is 5. The molecule has 0 saturated heterocycles. The van der Waals surface area contributed by atoms with Gasteiger partial charge in [0, 0.05) is 21.8 Å². The quantitative estimate of drug-likeness (QED) is 0.767. The molecule has 2 heterocycles. The maximum absolute atomic E-state index is 6.00. The van der Waals surface area contributed by atoms with Gasteiger partial charge in [0.15, 0.2) is 0 Å². The summed E-state index contributed by atoms with van der Waals surface area (Å²) in [5.41, 5.74) is 0. The van der Waals surface area contributed by atoms with Gasteiger partial charge in [0.2, 0.25) is 0 Å². The number of thiophene rings is 2. The van der Waals surface area contributed by atoms with Crippen LogP contribution >= 0.6 is 34.3 Å². The molecule has 1 nitrogen and oxygen atoms in total. The second-order valence-electron chi connectivity index (χ2n) is 4.77. The maximum Gasteiger partial charge on any atom is 0.0931 e. The molecule has 2 unspecified atom stereocenters. The van der Waals surface area contributed by atoms with Crippen LogP contribution in [0, 0.1) is 5.92 Å². The fourth-order valence-corrected chi connectivity index (χ4v) is 4.01. The Morgan fingerprint density at radius 1 is 1.11 bits per heavy atom. The summed E-state index contributed by atoms with van der Waals surface area (Å²) in [6.45, 7) is 6.71. The molecule has 18 heavy (non-hydrogen) atoms. The standard InChI is InChI=1S/C14H18ClNS2/c1-9(2)14(12-5-4-8-17-12)16-10(3)11-6-7-13(15)18-11/h4-10,14,16H,1-3H3. The molecule has 0 aliphatic heterocycles. The van der Waals surface area contributed by atoms with Crippen LogP contribution in [0.15, 0.2) is 29.6 Å². The smallest absolute Gasteiger partial charge is 0.0931 e. The Bertz CT molecular complexity index is 476. The van der Waals surface area contributed by atoms with Gasteiger partial charge in [0.1, 0.15) is 0 Å². The van der Waals surface area contributed by atoms with Gasteiger partial charge in [0.05, 0.1) is 4.34 Å². The fourth-order valence-electron chi connectivity index (χ4n) is 1.98. The van der Waals surface area contributed by atoms with Gasteiger partial charge in [-0.25, -0.2) is 0 Å². The predicted molar refractivity (Wildman–Crippen MR) is 82.8 cm³/mol. The molecule has 0 aliphatic rings. The summed E-state index contributed by atoms with van der Waals surface area (Å²) >= 11 is 9.47. The minimum absolute atomic E-state index is 0.331. The molecule has 0 amide bonds. The van der Waals surface area contributed by atoms with Crippen molar-refractivity contribution in [2.75, 3.05) is 0 Å². The van der Waals surface area contributed by atoms with Crippen molar-refractivity contribution in [2.45, 2.75) is 32.9 Å². The number of hydrogen-bond donors (Lipinski definition) is 1. The first-order valence-corrected chi connectivity index (χ1v) is 8.20. The van der Waals surface area contributed by atoms with Crippen LogP contribution in [0.5, 0.6) is 0 Å². The Hall–Kier alpha value is -0.350. The first-order valence-electron chi connectivity index (χ1n) is 6.12. The topological polar surface area (TPSA) is 12.0 Å². The van der Waals surface area contributed by atoms with E-state index in [1.807, 2.05) is 17.4 Å². The van der Waals surface area contributed by atoms with Gasteiger partial charge in [-0.3, -0.25) is 0 Å². The normalized spacial score (nSPS) is 14.9. The molecular weight excluding hydrogens is 282 g/mol. The van der Waals surface area contributed by atoms with E-state index >= 15 is 0 Å². The molecule has 0 fully saturated rings. The SMILES string of the molecule is CC(NC(c1cccs1)C(C)C)c1ccc(Cl)s1. The van der Waals surface area contributed by atoms with E-state index in [4.69, 9.17) is 11.6 Å². The highest BCUT2D eigenvalue weighted by Crippen LogP contribution is 2.32. The lowest BCUT2D eigenvalue weighted by molar-refractivity contribution is 0.382. The fraction of sp³-hybridized carbons (Fsp3) is 0.429. The summed E-state index contributed by atoms with van der Waals surface area (Å²) in [4.78, 5) is 2.70. The van der Waals surface area contributed by atoms with Crippen molar-refractivity contribution in [2.24, 2.45) is 5.92 Å². The van der Waals surface area contributed by atoms with E-state index in [0.29, 0.717) is 18.0 Å². The van der Waals surface area contributed by atoms with Crippen molar-refractivity contribution < 1.29 is 0 Å². The van der Waals surface area contributed by atoms with E-state index in [1.165, 1.54) is 9.75 Å². The molecule has 2 atom stereocenters. The molecule has 2 rings (SSSR count). The lowest BCUT2D eigenvalue weighted by atomic mass is 10.0. The minimum Gasteiger partial charge on any atom is -0.302 e. The second kappa shape index (κ2) is 6.20. The Kier molecular flexibility index (Phi) is 4.84. The molecule has 0 aliphatic carbocycles. The van der Waals surface area contributed by atoms with Crippen molar-refractivity contribution in [1.82, 2.24) is 5.32 Å². The number of hydrogen-bond acceptors (Lipinski definition) is 3. The summed E-state index contributed by atoms with van der Waals surface area (Å²) in [7, 11) is 0. The molecule has 2 aromatic heterocycles. The van der Waals surface area contributed by atoms with Crippen molar-refractivity contribution in [3.8, 4) is 0 Å². The summed E-state index contributed by atoms with van der Waals surface area (Å²) in [5, 5.41) is 5.85. The van der Waals surface area contributed by atoms with Crippen LogP contribution in [0.3, 0.4) is 0 Å². The average molecular weight is 300 g/mol. The minimum atomic E-state index is 0.331. The van der Waals surface area contributed by atoms with Crippen LogP contribution in [0.25, 0.3) is 0 Å². The summed E-state index contributed by atoms with van der Waals surface area (Å²) in [6.07, 6.45) is 0. The van der Waals surface area contributed by atoms with Crippen LogP contribution in [-0.4, -0.2) is 0 Å². The van der Waals surface area contributed by atoms with Gasteiger partial charge < -0.3 is 5.32 Å². The van der Waals surface area contributed by atoms with E-state index in [1.54, 1.807) is 11.3 Å². The number of halogens is 1. The van der Waals surface area contributed by atoms with Gasteiger partial charge in [-0.2, -0.15) is 0 Å². The predicted octanol–water partition coefficient (Wildman–Crippen LogP) is 5.51. The first kappa shape index (κ1) is 14.1. The molecule has 0 radical (unpaired) electrons. The molecule has 98 valence electrons. The van der Waals surface area contributed by atoms with Gasteiger partial charge >= 0.3 is 0 Å². The van der Waals surface area contributed by atoms with Crippen molar-refractivity contribution in [3.63, 3.8) is 0 Å². The monoisotopic (exact) mass is 299 g/mol. The highest BCUT2D eigenvalue weighted by molar-refractivity contribution is 7.16. The zero-order valence-corrected chi connectivity index (χ0v) is 13.2. The zero-order valence-electron chi connectivity index (χ0n) is 10.8. The Labute approximate surface area is 122 Å². The largest absolute Gasteiger partial charge is 0.302 e. The molecule has 1 N–H and O–H groups in total. The summed E-state index contributed by atoms with van der Waals surface area (Å²) in [5.74, 6) is 0.571. The van der Waals surface area contributed by atoms with Crippen molar-refractivity contribution in [3.05, 3.63) is 43.7 Å². The van der Waals surface area contributed by atoms with Gasteiger partial charge in [0.25, 0.3) is 0 Å². The van der Waals surface area contributed by atoms with Crippen LogP contribution in [0.4, 0.5) is 0 Å². The van der Waals surface area contributed by atoms with Crippen molar-refractivity contribution >= 4 is 34.3 Å². The van der Waals surface area contributed by atoms with Gasteiger partial charge in [-0.05, 0) is 36.4 Å². The molecule has 0 bridgehead atoms. The molecule has 0 spiro atoms. The molecule has 2 aromatic rings. The Morgan fingerprint density at radius 2 is 1.89 bits per heavy atom. The van der Waals surface area contributed by atoms with E-state index in [-0.39, 0.29) is 0 Å². The van der Waals surface area contributed by atoms with Gasteiger partial charge in [-0.15, -0.1) is 22.7 Å². The lowest BCUT2D eigenvalue weighted by Crippen LogP contribution is -2.27. The van der Waals surface area contributed by atoms with Crippen LogP contribution in [-0.2, 0) is 0 Å². The van der Waals surface area contributed by atoms with Gasteiger partial charge in [-0.1, -0.05) is 31.5 Å². The lowest BCUT2D eigenvalue weighted by Gasteiger charge is -2.25. The summed E-state index contributed by atoms with van der Waals surface area (Å²) < 4.78 is 0.857. The molecule has 0 saturated carbocycles. The third-order valence-electron chi connectivity index (χ3n) is 2.97. The van der Waals surface area contributed by atoms with Crippen LogP contribution in [0.2, 0.25) is 4.34 Å². The zero-order chi connectivity index (χ0) is 13.1. The first-order chi connectivity index (χ1) is 8.58. The van der Waals surface area contributed by atoms with Crippen LogP contribution < -0.4 is 5.32 Å². The Balaban J connectivity index is 2.10. The molecule has 0 aromatic carbocycles. The average Bonchev–Trinajstić information content (AvgIpc) is 2.95. The third kappa shape index (κ3) is 3.35. The molecular formula is C14H18ClNS2.